The van der Waals surface area contributed by atoms with E-state index in [1.807, 2.05) is 5.57 Å². The van der Waals surface area contributed by atoms with Gasteiger partial charge in [0.2, 0.25) is 0 Å². The third kappa shape index (κ3) is 0.229. The van der Waals surface area contributed by atoms with Crippen LogP contribution in [0, 0.1) is 17.8 Å². The highest BCUT2D eigenvalue weighted by Gasteiger charge is 2.57. The Morgan fingerprint density at radius 2 is 2.38 bits per heavy atom. The lowest BCUT2D eigenvalue weighted by atomic mass is 9.82. The van der Waals surface area contributed by atoms with Gasteiger partial charge in [0.1, 0.15) is 0 Å². The largest absolute Gasteiger partial charge is 0.0847 e. The van der Waals surface area contributed by atoms with Gasteiger partial charge in [0, 0.05) is 0 Å². The van der Waals surface area contributed by atoms with Crippen LogP contribution in [-0.4, -0.2) is 0 Å². The van der Waals surface area contributed by atoms with Gasteiger partial charge in [-0.1, -0.05) is 11.6 Å². The van der Waals surface area contributed by atoms with Crippen molar-refractivity contribution in [2.24, 2.45) is 17.8 Å². The molecule has 2 fully saturated rings. The zero-order chi connectivity index (χ0) is 5.14. The average Bonchev–Trinajstić information content (AvgIpc) is 2.34. The number of hydrogen-bond donors (Lipinski definition) is 0. The van der Waals surface area contributed by atoms with Gasteiger partial charge < -0.3 is 0 Å². The monoisotopic (exact) mass is 106 g/mol. The second-order valence-electron chi connectivity index (χ2n) is 3.39. The molecular formula is C8H10. The SMILES string of the molecule is C1=C2C(CC1)C1CC21. The standard InChI is InChI=1S/C8H10/c1-2-5-6(3-1)8-4-7(5)8/h2,6-8H,1,3-4H2. The van der Waals surface area contributed by atoms with Crippen LogP contribution in [0.1, 0.15) is 19.3 Å². The summed E-state index contributed by atoms with van der Waals surface area (Å²) in [6, 6.07) is 0. The molecule has 0 spiro atoms. The maximum Gasteiger partial charge on any atom is -0.0163 e. The van der Waals surface area contributed by atoms with Gasteiger partial charge in [-0.3, -0.25) is 0 Å². The molecule has 3 unspecified atom stereocenters. The summed E-state index contributed by atoms with van der Waals surface area (Å²) in [5.74, 6) is 3.39. The summed E-state index contributed by atoms with van der Waals surface area (Å²) in [6.45, 7) is 0. The molecule has 0 heterocycles. The Bertz CT molecular complexity index is 167. The van der Waals surface area contributed by atoms with Crippen LogP contribution in [0.3, 0.4) is 0 Å². The van der Waals surface area contributed by atoms with Crippen LogP contribution in [0.25, 0.3) is 0 Å². The van der Waals surface area contributed by atoms with Gasteiger partial charge in [-0.15, -0.1) is 0 Å². The van der Waals surface area contributed by atoms with E-state index in [-0.39, 0.29) is 0 Å². The highest BCUT2D eigenvalue weighted by atomic mass is 14.6. The number of hydrogen-bond acceptors (Lipinski definition) is 0. The molecular weight excluding hydrogens is 96.1 g/mol. The van der Waals surface area contributed by atoms with Crippen molar-refractivity contribution in [1.29, 1.82) is 0 Å². The van der Waals surface area contributed by atoms with E-state index in [2.05, 4.69) is 6.08 Å². The third-order valence-electron chi connectivity index (χ3n) is 3.07. The maximum atomic E-state index is 2.48. The van der Waals surface area contributed by atoms with Gasteiger partial charge in [-0.25, -0.2) is 0 Å². The maximum absolute atomic E-state index is 2.48. The average molecular weight is 106 g/mol. The summed E-state index contributed by atoms with van der Waals surface area (Å²) in [5, 5.41) is 0. The topological polar surface area (TPSA) is 0 Å². The Kier molecular flexibility index (Phi) is 0.415. The minimum Gasteiger partial charge on any atom is -0.0847 e. The molecule has 0 aliphatic heterocycles. The van der Waals surface area contributed by atoms with Crippen LogP contribution in [-0.2, 0) is 0 Å². The molecule has 3 atom stereocenters. The molecule has 0 saturated heterocycles. The van der Waals surface area contributed by atoms with E-state index < -0.39 is 0 Å². The van der Waals surface area contributed by atoms with E-state index in [1.165, 1.54) is 18.8 Å². The van der Waals surface area contributed by atoms with Crippen LogP contribution in [0.4, 0.5) is 0 Å². The van der Waals surface area contributed by atoms with Crippen LogP contribution < -0.4 is 0 Å². The van der Waals surface area contributed by atoms with Crippen molar-refractivity contribution in [1.82, 2.24) is 0 Å². The van der Waals surface area contributed by atoms with Crippen molar-refractivity contribution in [3.63, 3.8) is 0 Å². The van der Waals surface area contributed by atoms with Crippen molar-refractivity contribution < 1.29 is 0 Å². The van der Waals surface area contributed by atoms with Crippen molar-refractivity contribution in [3.8, 4) is 0 Å². The van der Waals surface area contributed by atoms with E-state index in [0.717, 1.165) is 11.8 Å². The molecule has 2 saturated carbocycles. The molecule has 3 aliphatic rings. The summed E-state index contributed by atoms with van der Waals surface area (Å²) in [7, 11) is 0. The summed E-state index contributed by atoms with van der Waals surface area (Å²) in [4.78, 5) is 0. The molecule has 0 nitrogen and oxygen atoms in total. The minimum atomic E-state index is 1.10. The summed E-state index contributed by atoms with van der Waals surface area (Å²) >= 11 is 0. The molecule has 0 aromatic rings. The summed E-state index contributed by atoms with van der Waals surface area (Å²) in [6.07, 6.45) is 6.93. The lowest BCUT2D eigenvalue weighted by Crippen LogP contribution is -2.15. The molecule has 42 valence electrons. The molecule has 0 aromatic heterocycles. The van der Waals surface area contributed by atoms with Crippen LogP contribution in [0.15, 0.2) is 11.6 Å². The molecule has 8 heavy (non-hydrogen) atoms. The fourth-order valence-corrected chi connectivity index (χ4v) is 2.56. The number of fused-ring (bicyclic) bond motifs is 4. The fourth-order valence-electron chi connectivity index (χ4n) is 2.56. The molecule has 0 N–H and O–H groups in total. The molecule has 0 radical (unpaired) electrons. The van der Waals surface area contributed by atoms with E-state index in [4.69, 9.17) is 0 Å². The fraction of sp³-hybridized carbons (Fsp3) is 0.750. The van der Waals surface area contributed by atoms with Crippen LogP contribution in [0.2, 0.25) is 0 Å². The highest BCUT2D eigenvalue weighted by molar-refractivity contribution is 5.35. The lowest BCUT2D eigenvalue weighted by Gasteiger charge is -2.23. The second-order valence-corrected chi connectivity index (χ2v) is 3.39. The smallest absolute Gasteiger partial charge is 0.0163 e. The van der Waals surface area contributed by atoms with Crippen molar-refractivity contribution in [2.45, 2.75) is 19.3 Å². The Hall–Kier alpha value is -0.260. The quantitative estimate of drug-likeness (QED) is 0.414. The zero-order valence-corrected chi connectivity index (χ0v) is 4.93. The molecule has 3 rings (SSSR count). The number of rotatable bonds is 0. The Labute approximate surface area is 49.6 Å². The summed E-state index contributed by atoms with van der Waals surface area (Å²) in [5.41, 5.74) is 1.84. The van der Waals surface area contributed by atoms with Gasteiger partial charge in [0.15, 0.2) is 0 Å². The van der Waals surface area contributed by atoms with Crippen molar-refractivity contribution in [3.05, 3.63) is 11.6 Å². The molecule has 0 amide bonds. The highest BCUT2D eigenvalue weighted by Crippen LogP contribution is 2.67. The minimum absolute atomic E-state index is 1.10. The first kappa shape index (κ1) is 3.71. The van der Waals surface area contributed by atoms with Gasteiger partial charge >= 0.3 is 0 Å². The second kappa shape index (κ2) is 0.896. The van der Waals surface area contributed by atoms with E-state index in [9.17, 15) is 0 Å². The van der Waals surface area contributed by atoms with Gasteiger partial charge in [0.05, 0.1) is 0 Å². The first-order valence-electron chi connectivity index (χ1n) is 3.67. The number of allylic oxidation sites excluding steroid dienone is 2. The predicted molar refractivity (Wildman–Crippen MR) is 32.4 cm³/mol. The Balaban J connectivity index is 2.07. The van der Waals surface area contributed by atoms with Crippen LogP contribution >= 0.6 is 0 Å². The van der Waals surface area contributed by atoms with Crippen molar-refractivity contribution >= 4 is 0 Å². The zero-order valence-electron chi connectivity index (χ0n) is 4.93. The van der Waals surface area contributed by atoms with Gasteiger partial charge in [-0.2, -0.15) is 0 Å². The third-order valence-corrected chi connectivity index (χ3v) is 3.07. The van der Waals surface area contributed by atoms with E-state index in [0.29, 0.717) is 0 Å². The van der Waals surface area contributed by atoms with Gasteiger partial charge in [0.25, 0.3) is 0 Å². The van der Waals surface area contributed by atoms with Crippen molar-refractivity contribution in [2.75, 3.05) is 0 Å². The molecule has 0 heteroatoms. The first-order chi connectivity index (χ1) is 3.97. The molecule has 3 aliphatic carbocycles. The Morgan fingerprint density at radius 1 is 1.38 bits per heavy atom. The normalized spacial score (nSPS) is 56.0. The van der Waals surface area contributed by atoms with E-state index in [1.54, 1.807) is 6.42 Å². The molecule has 0 aromatic carbocycles. The van der Waals surface area contributed by atoms with Gasteiger partial charge in [-0.05, 0) is 37.0 Å². The summed E-state index contributed by atoms with van der Waals surface area (Å²) < 4.78 is 0. The lowest BCUT2D eigenvalue weighted by molar-refractivity contribution is 0.416. The Morgan fingerprint density at radius 3 is 3.25 bits per heavy atom. The first-order valence-corrected chi connectivity index (χ1v) is 3.67. The molecule has 0 bridgehead atoms. The van der Waals surface area contributed by atoms with Crippen LogP contribution in [0.5, 0.6) is 0 Å². The predicted octanol–water partition coefficient (Wildman–Crippen LogP) is 1.97. The van der Waals surface area contributed by atoms with E-state index >= 15 is 0 Å².